The van der Waals surface area contributed by atoms with E-state index in [1.165, 1.54) is 12.8 Å². The van der Waals surface area contributed by atoms with E-state index in [0.717, 1.165) is 25.5 Å². The van der Waals surface area contributed by atoms with Crippen LogP contribution in [-0.4, -0.2) is 42.3 Å². The number of nitrogens with zero attached hydrogens (tertiary/aromatic N) is 3. The Morgan fingerprint density at radius 3 is 2.95 bits per heavy atom. The SMILES string of the molecule is CCOc1cc(N(CC(C)C)CC2CCCN2)ncn1. The van der Waals surface area contributed by atoms with E-state index >= 15 is 0 Å². The fourth-order valence-electron chi connectivity index (χ4n) is 2.61. The molecule has 1 fully saturated rings. The molecule has 1 aromatic heterocycles. The molecule has 5 nitrogen and oxygen atoms in total. The van der Waals surface area contributed by atoms with E-state index in [1.54, 1.807) is 6.33 Å². The van der Waals surface area contributed by atoms with E-state index in [0.29, 0.717) is 24.4 Å². The van der Waals surface area contributed by atoms with E-state index in [9.17, 15) is 0 Å². The van der Waals surface area contributed by atoms with Gasteiger partial charge in [-0.3, -0.25) is 0 Å². The summed E-state index contributed by atoms with van der Waals surface area (Å²) in [7, 11) is 0. The van der Waals surface area contributed by atoms with Crippen molar-refractivity contribution in [2.45, 2.75) is 39.7 Å². The Kier molecular flexibility index (Phi) is 5.59. The minimum absolute atomic E-state index is 0.569. The molecule has 5 heteroatoms. The van der Waals surface area contributed by atoms with Crippen molar-refractivity contribution in [2.75, 3.05) is 31.1 Å². The minimum Gasteiger partial charge on any atom is -0.478 e. The predicted molar refractivity (Wildman–Crippen MR) is 81.3 cm³/mol. The average Bonchev–Trinajstić information content (AvgIpc) is 2.91. The number of hydrogen-bond donors (Lipinski definition) is 1. The second-order valence-corrected chi connectivity index (χ2v) is 5.74. The lowest BCUT2D eigenvalue weighted by molar-refractivity contribution is 0.326. The van der Waals surface area contributed by atoms with Crippen molar-refractivity contribution in [2.24, 2.45) is 5.92 Å². The van der Waals surface area contributed by atoms with Gasteiger partial charge in [-0.05, 0) is 32.2 Å². The first-order valence-electron chi connectivity index (χ1n) is 7.62. The van der Waals surface area contributed by atoms with Gasteiger partial charge in [0.2, 0.25) is 5.88 Å². The summed E-state index contributed by atoms with van der Waals surface area (Å²) in [5.74, 6) is 2.22. The molecule has 2 rings (SSSR count). The maximum atomic E-state index is 5.48. The lowest BCUT2D eigenvalue weighted by atomic mass is 10.1. The van der Waals surface area contributed by atoms with Crippen molar-refractivity contribution < 1.29 is 4.74 Å². The highest BCUT2D eigenvalue weighted by molar-refractivity contribution is 5.41. The van der Waals surface area contributed by atoms with Crippen LogP contribution in [0.15, 0.2) is 12.4 Å². The molecular formula is C15H26N4O. The van der Waals surface area contributed by atoms with Gasteiger partial charge < -0.3 is 15.0 Å². The van der Waals surface area contributed by atoms with Crippen LogP contribution in [0, 0.1) is 5.92 Å². The van der Waals surface area contributed by atoms with Gasteiger partial charge in [0.05, 0.1) is 6.61 Å². The average molecular weight is 278 g/mol. The molecule has 1 aliphatic rings. The molecular weight excluding hydrogens is 252 g/mol. The van der Waals surface area contributed by atoms with Gasteiger partial charge in [0.1, 0.15) is 12.1 Å². The van der Waals surface area contributed by atoms with E-state index in [2.05, 4.69) is 34.0 Å². The fourth-order valence-corrected chi connectivity index (χ4v) is 2.61. The number of aromatic nitrogens is 2. The standard InChI is InChI=1S/C15H26N4O/c1-4-20-15-8-14(17-11-18-15)19(9-12(2)3)10-13-6-5-7-16-13/h8,11-13,16H,4-7,9-10H2,1-3H3. The molecule has 1 unspecified atom stereocenters. The molecule has 0 radical (unpaired) electrons. The second kappa shape index (κ2) is 7.43. The Labute approximate surface area is 121 Å². The van der Waals surface area contributed by atoms with E-state index in [-0.39, 0.29) is 0 Å². The normalized spacial score (nSPS) is 18.5. The lowest BCUT2D eigenvalue weighted by Crippen LogP contribution is -2.39. The van der Waals surface area contributed by atoms with Crippen molar-refractivity contribution in [1.82, 2.24) is 15.3 Å². The quantitative estimate of drug-likeness (QED) is 0.827. The van der Waals surface area contributed by atoms with E-state index in [4.69, 9.17) is 4.74 Å². The molecule has 0 spiro atoms. The van der Waals surface area contributed by atoms with Crippen LogP contribution in [0.25, 0.3) is 0 Å². The molecule has 0 aliphatic carbocycles. The summed E-state index contributed by atoms with van der Waals surface area (Å²) >= 11 is 0. The number of nitrogens with one attached hydrogen (secondary N) is 1. The monoisotopic (exact) mass is 278 g/mol. The summed E-state index contributed by atoms with van der Waals surface area (Å²) in [4.78, 5) is 10.9. The van der Waals surface area contributed by atoms with Crippen LogP contribution in [0.5, 0.6) is 5.88 Å². The fraction of sp³-hybridized carbons (Fsp3) is 0.733. The molecule has 0 aromatic carbocycles. The number of ether oxygens (including phenoxy) is 1. The van der Waals surface area contributed by atoms with Crippen molar-refractivity contribution in [1.29, 1.82) is 0 Å². The third kappa shape index (κ3) is 4.34. The Bertz CT molecular complexity index is 405. The van der Waals surface area contributed by atoms with Gasteiger partial charge in [-0.1, -0.05) is 13.8 Å². The Hall–Kier alpha value is -1.36. The molecule has 20 heavy (non-hydrogen) atoms. The molecule has 1 N–H and O–H groups in total. The molecule has 1 saturated heterocycles. The molecule has 0 bridgehead atoms. The Morgan fingerprint density at radius 2 is 2.30 bits per heavy atom. The molecule has 1 atom stereocenters. The first-order valence-corrected chi connectivity index (χ1v) is 7.62. The zero-order valence-corrected chi connectivity index (χ0v) is 12.8. The van der Waals surface area contributed by atoms with Gasteiger partial charge in [0.15, 0.2) is 0 Å². The van der Waals surface area contributed by atoms with E-state index < -0.39 is 0 Å². The van der Waals surface area contributed by atoms with Gasteiger partial charge in [0, 0.05) is 25.2 Å². The maximum absolute atomic E-state index is 5.48. The third-order valence-corrected chi connectivity index (χ3v) is 3.43. The van der Waals surface area contributed by atoms with Crippen LogP contribution in [0.1, 0.15) is 33.6 Å². The second-order valence-electron chi connectivity index (χ2n) is 5.74. The third-order valence-electron chi connectivity index (χ3n) is 3.43. The molecule has 112 valence electrons. The number of anilines is 1. The van der Waals surface area contributed by atoms with Gasteiger partial charge >= 0.3 is 0 Å². The lowest BCUT2D eigenvalue weighted by Gasteiger charge is -2.28. The smallest absolute Gasteiger partial charge is 0.218 e. The van der Waals surface area contributed by atoms with Crippen molar-refractivity contribution in [3.63, 3.8) is 0 Å². The summed E-state index contributed by atoms with van der Waals surface area (Å²) in [6, 6.07) is 2.51. The van der Waals surface area contributed by atoms with Crippen LogP contribution in [-0.2, 0) is 0 Å². The van der Waals surface area contributed by atoms with Crippen LogP contribution in [0.4, 0.5) is 5.82 Å². The molecule has 0 saturated carbocycles. The number of hydrogen-bond acceptors (Lipinski definition) is 5. The predicted octanol–water partition coefficient (Wildman–Crippen LogP) is 2.09. The summed E-state index contributed by atoms with van der Waals surface area (Å²) in [5.41, 5.74) is 0. The highest BCUT2D eigenvalue weighted by Crippen LogP contribution is 2.19. The minimum atomic E-state index is 0.569. The highest BCUT2D eigenvalue weighted by Gasteiger charge is 2.20. The summed E-state index contributed by atoms with van der Waals surface area (Å²) in [6.07, 6.45) is 4.11. The summed E-state index contributed by atoms with van der Waals surface area (Å²) in [5, 5.41) is 3.55. The number of rotatable bonds is 7. The van der Waals surface area contributed by atoms with Crippen LogP contribution in [0.3, 0.4) is 0 Å². The van der Waals surface area contributed by atoms with Crippen LogP contribution < -0.4 is 15.0 Å². The van der Waals surface area contributed by atoms with Gasteiger partial charge in [-0.25, -0.2) is 9.97 Å². The van der Waals surface area contributed by atoms with Gasteiger partial charge in [-0.15, -0.1) is 0 Å². The Morgan fingerprint density at radius 1 is 1.45 bits per heavy atom. The topological polar surface area (TPSA) is 50.3 Å². The highest BCUT2D eigenvalue weighted by atomic mass is 16.5. The first-order chi connectivity index (χ1) is 9.69. The molecule has 2 heterocycles. The van der Waals surface area contributed by atoms with Gasteiger partial charge in [-0.2, -0.15) is 0 Å². The zero-order valence-electron chi connectivity index (χ0n) is 12.8. The Balaban J connectivity index is 2.09. The molecule has 0 amide bonds. The first kappa shape index (κ1) is 15.0. The summed E-state index contributed by atoms with van der Waals surface area (Å²) in [6.45, 7) is 10.2. The van der Waals surface area contributed by atoms with Gasteiger partial charge in [0.25, 0.3) is 0 Å². The van der Waals surface area contributed by atoms with Crippen molar-refractivity contribution in [3.8, 4) is 5.88 Å². The summed E-state index contributed by atoms with van der Waals surface area (Å²) < 4.78 is 5.48. The maximum Gasteiger partial charge on any atom is 0.218 e. The molecule has 1 aliphatic heterocycles. The van der Waals surface area contributed by atoms with Crippen molar-refractivity contribution >= 4 is 5.82 Å². The van der Waals surface area contributed by atoms with Crippen molar-refractivity contribution in [3.05, 3.63) is 12.4 Å². The van der Waals surface area contributed by atoms with E-state index in [1.807, 2.05) is 13.0 Å². The molecule has 1 aromatic rings. The largest absolute Gasteiger partial charge is 0.478 e. The van der Waals surface area contributed by atoms with Crippen LogP contribution >= 0.6 is 0 Å². The zero-order chi connectivity index (χ0) is 14.4. The van der Waals surface area contributed by atoms with Crippen LogP contribution in [0.2, 0.25) is 0 Å².